The van der Waals surface area contributed by atoms with Crippen LogP contribution >= 0.6 is 0 Å². The molecule has 1 rings (SSSR count). The summed E-state index contributed by atoms with van der Waals surface area (Å²) in [5, 5.41) is 9.52. The molecule has 0 bridgehead atoms. The van der Waals surface area contributed by atoms with E-state index in [4.69, 9.17) is 6.42 Å². The molecule has 0 aromatic heterocycles. The predicted octanol–water partition coefficient (Wildman–Crippen LogP) is 1.56. The van der Waals surface area contributed by atoms with Crippen molar-refractivity contribution in [1.82, 2.24) is 0 Å². The molecule has 0 aromatic carbocycles. The molecule has 0 atom stereocenters. The lowest BCUT2D eigenvalue weighted by Gasteiger charge is -2.30. The molecule has 0 aromatic rings. The minimum Gasteiger partial charge on any atom is -0.390 e. The minimum absolute atomic E-state index is 0.417. The van der Waals surface area contributed by atoms with Gasteiger partial charge in [0.1, 0.15) is 0 Å². The van der Waals surface area contributed by atoms with Crippen LogP contribution in [0.4, 0.5) is 0 Å². The van der Waals surface area contributed by atoms with Crippen LogP contribution in [0.2, 0.25) is 0 Å². The highest BCUT2D eigenvalue weighted by Gasteiger charge is 2.27. The van der Waals surface area contributed by atoms with Crippen LogP contribution in [0.25, 0.3) is 0 Å². The van der Waals surface area contributed by atoms with E-state index in [9.17, 15) is 5.11 Å². The van der Waals surface area contributed by atoms with E-state index in [1.807, 2.05) is 6.92 Å². The zero-order valence-corrected chi connectivity index (χ0v) is 6.43. The van der Waals surface area contributed by atoms with E-state index in [1.54, 1.807) is 0 Å². The summed E-state index contributed by atoms with van der Waals surface area (Å²) in [5.41, 5.74) is -0.437. The molecule has 1 saturated carbocycles. The summed E-state index contributed by atoms with van der Waals surface area (Å²) in [5.74, 6) is 3.15. The fourth-order valence-corrected chi connectivity index (χ4v) is 1.41. The predicted molar refractivity (Wildman–Crippen MR) is 41.4 cm³/mol. The maximum absolute atomic E-state index is 9.52. The molecule has 0 aliphatic heterocycles. The number of hydrogen-bond acceptors (Lipinski definition) is 1. The van der Waals surface area contributed by atoms with Crippen LogP contribution < -0.4 is 0 Å². The molecule has 0 amide bonds. The first-order chi connectivity index (χ1) is 4.64. The van der Waals surface area contributed by atoms with Gasteiger partial charge in [-0.05, 0) is 32.6 Å². The van der Waals surface area contributed by atoms with Gasteiger partial charge in [-0.1, -0.05) is 0 Å². The Bertz CT molecular complexity index is 143. The van der Waals surface area contributed by atoms with Crippen molar-refractivity contribution in [3.8, 4) is 12.3 Å². The molecule has 0 heterocycles. The van der Waals surface area contributed by atoms with Gasteiger partial charge in [0.2, 0.25) is 0 Å². The fraction of sp³-hybridized carbons (Fsp3) is 0.778. The molecule has 0 saturated heterocycles. The van der Waals surface area contributed by atoms with Gasteiger partial charge in [-0.3, -0.25) is 0 Å². The van der Waals surface area contributed by atoms with Gasteiger partial charge < -0.3 is 5.11 Å². The molecule has 0 unspecified atom stereocenters. The summed E-state index contributed by atoms with van der Waals surface area (Å²) in [4.78, 5) is 0. The number of terminal acetylenes is 1. The lowest BCUT2D eigenvalue weighted by molar-refractivity contribution is 0.0148. The van der Waals surface area contributed by atoms with Crippen molar-refractivity contribution in [2.45, 2.75) is 38.2 Å². The van der Waals surface area contributed by atoms with Gasteiger partial charge in [0.25, 0.3) is 0 Å². The molecule has 56 valence electrons. The summed E-state index contributed by atoms with van der Waals surface area (Å²) in [6.07, 6.45) is 8.97. The summed E-state index contributed by atoms with van der Waals surface area (Å²) in [7, 11) is 0. The molecule has 1 aliphatic rings. The Hall–Kier alpha value is -0.480. The first-order valence-corrected chi connectivity index (χ1v) is 3.82. The van der Waals surface area contributed by atoms with E-state index in [1.165, 1.54) is 0 Å². The van der Waals surface area contributed by atoms with Crippen LogP contribution in [0, 0.1) is 18.3 Å². The molecule has 1 fully saturated rings. The zero-order chi connectivity index (χ0) is 7.61. The van der Waals surface area contributed by atoms with Gasteiger partial charge in [-0.15, -0.1) is 12.3 Å². The maximum atomic E-state index is 9.52. The van der Waals surface area contributed by atoms with Crippen molar-refractivity contribution in [1.29, 1.82) is 0 Å². The SMILES string of the molecule is C#C[C@H]1CC[C@@](C)(O)CC1. The molecule has 1 heteroatoms. The molecule has 1 nitrogen and oxygen atoms in total. The van der Waals surface area contributed by atoms with E-state index in [2.05, 4.69) is 5.92 Å². The second-order valence-corrected chi connectivity index (χ2v) is 3.44. The molecule has 0 radical (unpaired) electrons. The average molecular weight is 138 g/mol. The van der Waals surface area contributed by atoms with Crippen molar-refractivity contribution in [2.75, 3.05) is 0 Å². The van der Waals surface area contributed by atoms with Gasteiger partial charge in [-0.25, -0.2) is 0 Å². The van der Waals surface area contributed by atoms with Crippen LogP contribution in [0.3, 0.4) is 0 Å². The highest BCUT2D eigenvalue weighted by atomic mass is 16.3. The Balaban J connectivity index is 2.40. The number of hydrogen-bond donors (Lipinski definition) is 1. The minimum atomic E-state index is -0.437. The van der Waals surface area contributed by atoms with Crippen LogP contribution in [0.15, 0.2) is 0 Å². The number of aliphatic hydroxyl groups is 1. The van der Waals surface area contributed by atoms with E-state index < -0.39 is 5.60 Å². The lowest BCUT2D eigenvalue weighted by atomic mass is 9.80. The van der Waals surface area contributed by atoms with Crippen LogP contribution in [-0.4, -0.2) is 10.7 Å². The van der Waals surface area contributed by atoms with Gasteiger partial charge in [0.05, 0.1) is 5.60 Å². The third kappa shape index (κ3) is 1.75. The standard InChI is InChI=1S/C9H14O/c1-3-8-4-6-9(2,10)7-5-8/h1,8,10H,4-7H2,2H3/t8-,9+. The number of rotatable bonds is 0. The van der Waals surface area contributed by atoms with Gasteiger partial charge in [0, 0.05) is 5.92 Å². The maximum Gasteiger partial charge on any atom is 0.0620 e. The topological polar surface area (TPSA) is 20.2 Å². The van der Waals surface area contributed by atoms with Crippen molar-refractivity contribution in [2.24, 2.45) is 5.92 Å². The molecule has 10 heavy (non-hydrogen) atoms. The van der Waals surface area contributed by atoms with Crippen molar-refractivity contribution in [3.63, 3.8) is 0 Å². The Labute approximate surface area is 62.4 Å². The molecule has 1 N–H and O–H groups in total. The highest BCUT2D eigenvalue weighted by Crippen LogP contribution is 2.30. The molecule has 1 aliphatic carbocycles. The van der Waals surface area contributed by atoms with Crippen molar-refractivity contribution < 1.29 is 5.11 Å². The van der Waals surface area contributed by atoms with Gasteiger partial charge in [0.15, 0.2) is 0 Å². The third-order valence-corrected chi connectivity index (χ3v) is 2.30. The first-order valence-electron chi connectivity index (χ1n) is 3.82. The summed E-state index contributed by atoms with van der Waals surface area (Å²) >= 11 is 0. The van der Waals surface area contributed by atoms with Crippen LogP contribution in [0.5, 0.6) is 0 Å². The Morgan fingerprint density at radius 1 is 1.50 bits per heavy atom. The average Bonchev–Trinajstić information content (AvgIpc) is 1.88. The van der Waals surface area contributed by atoms with Crippen LogP contribution in [0.1, 0.15) is 32.6 Å². The smallest absolute Gasteiger partial charge is 0.0620 e. The van der Waals surface area contributed by atoms with E-state index >= 15 is 0 Å². The first kappa shape index (κ1) is 7.63. The summed E-state index contributed by atoms with van der Waals surface area (Å²) in [6.45, 7) is 1.89. The normalized spacial score (nSPS) is 40.7. The largest absolute Gasteiger partial charge is 0.390 e. The summed E-state index contributed by atoms with van der Waals surface area (Å²) < 4.78 is 0. The van der Waals surface area contributed by atoms with E-state index in [0.29, 0.717) is 5.92 Å². The van der Waals surface area contributed by atoms with Crippen molar-refractivity contribution in [3.05, 3.63) is 0 Å². The Morgan fingerprint density at radius 3 is 2.40 bits per heavy atom. The quantitative estimate of drug-likeness (QED) is 0.504. The van der Waals surface area contributed by atoms with Gasteiger partial charge in [-0.2, -0.15) is 0 Å². The second-order valence-electron chi connectivity index (χ2n) is 3.44. The van der Waals surface area contributed by atoms with Crippen LogP contribution in [-0.2, 0) is 0 Å². The second kappa shape index (κ2) is 2.64. The van der Waals surface area contributed by atoms with E-state index in [-0.39, 0.29) is 0 Å². The Morgan fingerprint density at radius 2 is 2.00 bits per heavy atom. The monoisotopic (exact) mass is 138 g/mol. The van der Waals surface area contributed by atoms with Crippen molar-refractivity contribution >= 4 is 0 Å². The third-order valence-electron chi connectivity index (χ3n) is 2.30. The van der Waals surface area contributed by atoms with E-state index in [0.717, 1.165) is 25.7 Å². The molecule has 0 spiro atoms. The zero-order valence-electron chi connectivity index (χ0n) is 6.43. The summed E-state index contributed by atoms with van der Waals surface area (Å²) in [6, 6.07) is 0. The highest BCUT2D eigenvalue weighted by molar-refractivity contribution is 4.97. The lowest BCUT2D eigenvalue weighted by Crippen LogP contribution is -2.29. The molecular weight excluding hydrogens is 124 g/mol. The fourth-order valence-electron chi connectivity index (χ4n) is 1.41. The van der Waals surface area contributed by atoms with Gasteiger partial charge >= 0.3 is 0 Å². The Kier molecular flexibility index (Phi) is 2.01. The molecular formula is C9H14O.